The highest BCUT2D eigenvalue weighted by Crippen LogP contribution is 2.38. The number of hydrogen-bond acceptors (Lipinski definition) is 7. The summed E-state index contributed by atoms with van der Waals surface area (Å²) in [6.07, 6.45) is 5.72. The molecular weight excluding hydrogens is 369 g/mol. The normalized spacial score (nSPS) is 10.7. The molecule has 0 radical (unpaired) electrons. The van der Waals surface area contributed by atoms with E-state index in [1.165, 1.54) is 11.8 Å². The average molecular weight is 387 g/mol. The van der Waals surface area contributed by atoms with Crippen molar-refractivity contribution in [1.82, 2.24) is 19.5 Å². The van der Waals surface area contributed by atoms with Crippen LogP contribution in [0.5, 0.6) is 11.5 Å². The third kappa shape index (κ3) is 3.90. The van der Waals surface area contributed by atoms with Crippen molar-refractivity contribution in [1.29, 1.82) is 0 Å². The predicted molar refractivity (Wildman–Crippen MR) is 101 cm³/mol. The fourth-order valence-corrected chi connectivity index (χ4v) is 3.60. The summed E-state index contributed by atoms with van der Waals surface area (Å²) in [5.41, 5.74) is 6.52. The zero-order chi connectivity index (χ0) is 19.4. The number of halogens is 1. The molecule has 0 bridgehead atoms. The molecule has 2 aromatic heterocycles. The third-order valence-electron chi connectivity index (χ3n) is 3.83. The van der Waals surface area contributed by atoms with Crippen LogP contribution in [0.25, 0.3) is 11.2 Å². The maximum atomic E-state index is 13.7. The Hall–Kier alpha value is -2.99. The van der Waals surface area contributed by atoms with E-state index in [9.17, 15) is 4.39 Å². The van der Waals surface area contributed by atoms with Gasteiger partial charge in [0.15, 0.2) is 22.1 Å². The van der Waals surface area contributed by atoms with E-state index in [2.05, 4.69) is 20.9 Å². The minimum absolute atomic E-state index is 0.00680. The Kier molecular flexibility index (Phi) is 5.66. The van der Waals surface area contributed by atoms with Crippen molar-refractivity contribution in [3.05, 3.63) is 24.3 Å². The molecule has 0 unspecified atom stereocenters. The largest absolute Gasteiger partial charge is 0.497 e. The summed E-state index contributed by atoms with van der Waals surface area (Å²) in [4.78, 5) is 12.7. The monoisotopic (exact) mass is 387 g/mol. The van der Waals surface area contributed by atoms with Gasteiger partial charge >= 0.3 is 6.08 Å². The lowest BCUT2D eigenvalue weighted by Crippen LogP contribution is -2.04. The summed E-state index contributed by atoms with van der Waals surface area (Å²) in [5.74, 6) is 3.93. The highest BCUT2D eigenvalue weighted by molar-refractivity contribution is 7.99. The summed E-state index contributed by atoms with van der Waals surface area (Å²) in [6, 6.07) is 5.45. The van der Waals surface area contributed by atoms with Crippen LogP contribution in [0.15, 0.2) is 28.3 Å². The number of imidazole rings is 1. The number of aryl methyl sites for hydroxylation is 1. The molecule has 2 heterocycles. The number of nitrogen functional groups attached to an aromatic ring is 1. The maximum absolute atomic E-state index is 13.7. The Balaban J connectivity index is 2.09. The van der Waals surface area contributed by atoms with Crippen molar-refractivity contribution in [3.8, 4) is 23.8 Å². The van der Waals surface area contributed by atoms with E-state index in [1.807, 2.05) is 6.07 Å². The van der Waals surface area contributed by atoms with Crippen LogP contribution in [0.4, 0.5) is 10.2 Å². The molecule has 7 nitrogen and oxygen atoms in total. The van der Waals surface area contributed by atoms with E-state index in [0.29, 0.717) is 47.2 Å². The van der Waals surface area contributed by atoms with E-state index >= 15 is 0 Å². The topological polar surface area (TPSA) is 88.1 Å². The first-order valence-electron chi connectivity index (χ1n) is 8.10. The van der Waals surface area contributed by atoms with Gasteiger partial charge in [0.2, 0.25) is 0 Å². The number of nitrogens with two attached hydrogens (primary N) is 1. The zero-order valence-electron chi connectivity index (χ0n) is 14.9. The van der Waals surface area contributed by atoms with Crippen LogP contribution in [0.1, 0.15) is 12.8 Å². The second-order valence-electron chi connectivity index (χ2n) is 5.52. The molecule has 0 atom stereocenters. The second-order valence-corrected chi connectivity index (χ2v) is 6.53. The van der Waals surface area contributed by atoms with Crippen LogP contribution in [-0.4, -0.2) is 33.7 Å². The summed E-state index contributed by atoms with van der Waals surface area (Å²) in [5, 5.41) is 0.583. The van der Waals surface area contributed by atoms with Gasteiger partial charge < -0.3 is 19.8 Å². The van der Waals surface area contributed by atoms with Crippen molar-refractivity contribution >= 4 is 28.7 Å². The summed E-state index contributed by atoms with van der Waals surface area (Å²) in [6.45, 7) is 0.519. The first-order valence-corrected chi connectivity index (χ1v) is 8.91. The van der Waals surface area contributed by atoms with Gasteiger partial charge in [-0.05, 0) is 36.4 Å². The molecule has 0 amide bonds. The Morgan fingerprint density at radius 3 is 2.78 bits per heavy atom. The molecule has 0 spiro atoms. The smallest absolute Gasteiger partial charge is 0.312 e. The molecule has 0 fully saturated rings. The van der Waals surface area contributed by atoms with Gasteiger partial charge in [0.1, 0.15) is 11.5 Å². The van der Waals surface area contributed by atoms with Crippen LogP contribution in [0, 0.1) is 18.4 Å². The van der Waals surface area contributed by atoms with Crippen LogP contribution >= 0.6 is 11.8 Å². The SMILES string of the molecule is C#CCCCn1c(Sc2cc(OC)ccc2OC)nc2c(N)nc(F)nc21. The highest BCUT2D eigenvalue weighted by atomic mass is 32.2. The number of hydrogen-bond donors (Lipinski definition) is 1. The van der Waals surface area contributed by atoms with Crippen LogP contribution in [0.2, 0.25) is 0 Å². The maximum Gasteiger partial charge on any atom is 0.312 e. The van der Waals surface area contributed by atoms with Crippen molar-refractivity contribution < 1.29 is 13.9 Å². The standard InChI is InChI=1S/C18H18FN5O2S/c1-4-5-6-9-24-16-14(15(20)22-17(19)23-16)21-18(24)27-13-10-11(25-2)7-8-12(13)26-3/h1,7-8,10H,5-6,9H2,2-3H3,(H2,20,22,23). The van der Waals surface area contributed by atoms with Gasteiger partial charge in [-0.2, -0.15) is 14.4 Å². The third-order valence-corrected chi connectivity index (χ3v) is 4.87. The van der Waals surface area contributed by atoms with E-state index in [0.717, 1.165) is 4.90 Å². The van der Waals surface area contributed by atoms with Gasteiger partial charge in [0.25, 0.3) is 0 Å². The van der Waals surface area contributed by atoms with Crippen molar-refractivity contribution in [2.24, 2.45) is 0 Å². The molecule has 2 N–H and O–H groups in total. The number of terminal acetylenes is 1. The molecule has 140 valence electrons. The molecule has 3 rings (SSSR count). The van der Waals surface area contributed by atoms with Gasteiger partial charge in [-0.1, -0.05) is 0 Å². The lowest BCUT2D eigenvalue weighted by molar-refractivity contribution is 0.394. The Labute approximate surface area is 160 Å². The fraction of sp³-hybridized carbons (Fsp3) is 0.278. The number of ether oxygens (including phenoxy) is 2. The first kappa shape index (κ1) is 18.8. The average Bonchev–Trinajstić information content (AvgIpc) is 2.99. The van der Waals surface area contributed by atoms with E-state index in [1.54, 1.807) is 30.9 Å². The Bertz CT molecular complexity index is 1020. The number of benzene rings is 1. The fourth-order valence-electron chi connectivity index (χ4n) is 2.56. The van der Waals surface area contributed by atoms with Gasteiger partial charge in [0, 0.05) is 13.0 Å². The molecule has 9 heteroatoms. The number of rotatable bonds is 7. The van der Waals surface area contributed by atoms with E-state index in [-0.39, 0.29) is 5.82 Å². The van der Waals surface area contributed by atoms with Crippen molar-refractivity contribution in [2.45, 2.75) is 29.4 Å². The molecular formula is C18H18FN5O2S. The van der Waals surface area contributed by atoms with Gasteiger partial charge in [-0.15, -0.1) is 12.3 Å². The Morgan fingerprint density at radius 2 is 2.07 bits per heavy atom. The van der Waals surface area contributed by atoms with Crippen molar-refractivity contribution in [2.75, 3.05) is 20.0 Å². The van der Waals surface area contributed by atoms with Crippen LogP contribution in [0.3, 0.4) is 0 Å². The molecule has 0 aliphatic rings. The van der Waals surface area contributed by atoms with E-state index in [4.69, 9.17) is 21.6 Å². The molecule has 0 saturated heterocycles. The molecule has 3 aromatic rings. The van der Waals surface area contributed by atoms with Gasteiger partial charge in [-0.3, -0.25) is 0 Å². The molecule has 0 aliphatic heterocycles. The lowest BCUT2D eigenvalue weighted by atomic mass is 10.3. The second kappa shape index (κ2) is 8.14. The number of aromatic nitrogens is 4. The number of nitrogens with zero attached hydrogens (tertiary/aromatic N) is 4. The molecule has 0 aliphatic carbocycles. The van der Waals surface area contributed by atoms with Crippen LogP contribution in [-0.2, 0) is 6.54 Å². The van der Waals surface area contributed by atoms with Gasteiger partial charge in [0.05, 0.1) is 19.1 Å². The number of fused-ring (bicyclic) bond motifs is 1. The lowest BCUT2D eigenvalue weighted by Gasteiger charge is -2.11. The predicted octanol–water partition coefficient (Wildman–Crippen LogP) is 3.13. The Morgan fingerprint density at radius 1 is 1.26 bits per heavy atom. The number of anilines is 1. The van der Waals surface area contributed by atoms with E-state index < -0.39 is 6.08 Å². The molecule has 27 heavy (non-hydrogen) atoms. The molecule has 1 aromatic carbocycles. The number of unbranched alkanes of at least 4 members (excludes halogenated alkanes) is 1. The highest BCUT2D eigenvalue weighted by Gasteiger charge is 2.19. The minimum Gasteiger partial charge on any atom is -0.497 e. The van der Waals surface area contributed by atoms with Gasteiger partial charge in [-0.25, -0.2) is 4.98 Å². The summed E-state index contributed by atoms with van der Waals surface area (Å²) < 4.78 is 26.2. The first-order chi connectivity index (χ1) is 13.1. The summed E-state index contributed by atoms with van der Waals surface area (Å²) in [7, 11) is 3.17. The summed E-state index contributed by atoms with van der Waals surface area (Å²) >= 11 is 1.34. The van der Waals surface area contributed by atoms with Crippen LogP contribution < -0.4 is 15.2 Å². The quantitative estimate of drug-likeness (QED) is 0.378. The number of methoxy groups -OCH3 is 2. The minimum atomic E-state index is -0.895. The van der Waals surface area contributed by atoms with Crippen molar-refractivity contribution in [3.63, 3.8) is 0 Å². The zero-order valence-corrected chi connectivity index (χ0v) is 15.7. The molecule has 0 saturated carbocycles.